The molecule has 3 rings (SSSR count). The van der Waals surface area contributed by atoms with Gasteiger partial charge in [0.05, 0.1) is 0 Å². The van der Waals surface area contributed by atoms with Crippen molar-refractivity contribution in [2.24, 2.45) is 0 Å². The molecule has 0 radical (unpaired) electrons. The van der Waals surface area contributed by atoms with Gasteiger partial charge in [-0.3, -0.25) is 9.59 Å². The van der Waals surface area contributed by atoms with Crippen molar-refractivity contribution in [2.45, 2.75) is 50.2 Å². The van der Waals surface area contributed by atoms with Gasteiger partial charge in [0.15, 0.2) is 5.16 Å². The summed E-state index contributed by atoms with van der Waals surface area (Å²) < 4.78 is 20.2. The van der Waals surface area contributed by atoms with E-state index < -0.39 is 11.6 Å². The Hall–Kier alpha value is -2.64. The molecular weight excluding hydrogens is 451 g/mol. The van der Waals surface area contributed by atoms with Crippen LogP contribution in [0.25, 0.3) is 0 Å². The third-order valence-electron chi connectivity index (χ3n) is 4.34. The Bertz CT molecular complexity index is 1140. The van der Waals surface area contributed by atoms with Gasteiger partial charge in [-0.2, -0.15) is 4.98 Å². The van der Waals surface area contributed by atoms with Gasteiger partial charge < -0.3 is 9.30 Å². The molecule has 8 heteroatoms. The number of esters is 1. The fourth-order valence-electron chi connectivity index (χ4n) is 2.93. The Morgan fingerprint density at radius 2 is 1.72 bits per heavy atom. The number of nitrogens with zero attached hydrogens (tertiary/aromatic N) is 2. The maximum absolute atomic E-state index is 13.2. The van der Waals surface area contributed by atoms with E-state index in [4.69, 9.17) is 16.3 Å². The Labute approximate surface area is 195 Å². The van der Waals surface area contributed by atoms with Crippen LogP contribution in [0.5, 0.6) is 0 Å². The molecule has 1 heterocycles. The normalized spacial score (nSPS) is 11.4. The molecule has 0 aliphatic heterocycles. The maximum atomic E-state index is 13.2. The second-order valence-corrected chi connectivity index (χ2v) is 9.67. The van der Waals surface area contributed by atoms with Crippen LogP contribution >= 0.6 is 23.4 Å². The minimum atomic E-state index is -0.628. The highest BCUT2D eigenvalue weighted by atomic mass is 35.5. The summed E-state index contributed by atoms with van der Waals surface area (Å²) in [4.78, 5) is 29.4. The van der Waals surface area contributed by atoms with Crippen LogP contribution in [0.3, 0.4) is 0 Å². The zero-order chi connectivity index (χ0) is 23.3. The van der Waals surface area contributed by atoms with Crippen LogP contribution in [-0.2, 0) is 28.2 Å². The molecule has 0 fully saturated rings. The van der Waals surface area contributed by atoms with E-state index in [1.54, 1.807) is 55.8 Å². The third kappa shape index (κ3) is 7.21. The maximum Gasteiger partial charge on any atom is 0.326 e. The van der Waals surface area contributed by atoms with E-state index in [1.807, 2.05) is 12.1 Å². The number of hydrogen-bond donors (Lipinski definition) is 0. The average molecular weight is 475 g/mol. The summed E-state index contributed by atoms with van der Waals surface area (Å²) in [5.41, 5.74) is 1.25. The summed E-state index contributed by atoms with van der Waals surface area (Å²) >= 11 is 7.24. The molecule has 0 saturated carbocycles. The lowest BCUT2D eigenvalue weighted by molar-refractivity contribution is -0.155. The molecule has 0 atom stereocenters. The molecule has 3 aromatic rings. The largest absolute Gasteiger partial charge is 0.459 e. The number of ether oxygens (including phenoxy) is 1. The van der Waals surface area contributed by atoms with Crippen molar-refractivity contribution in [3.63, 3.8) is 0 Å². The molecule has 0 bridgehead atoms. The van der Waals surface area contributed by atoms with Gasteiger partial charge in [0.1, 0.15) is 18.0 Å². The van der Waals surface area contributed by atoms with Gasteiger partial charge in [0.25, 0.3) is 5.56 Å². The number of thioether (sulfide) groups is 1. The first-order valence-electron chi connectivity index (χ1n) is 10.0. The zero-order valence-electron chi connectivity index (χ0n) is 18.1. The van der Waals surface area contributed by atoms with Crippen LogP contribution in [0.15, 0.2) is 64.7 Å². The molecule has 5 nitrogen and oxygen atoms in total. The monoisotopic (exact) mass is 474 g/mol. The molecule has 0 aliphatic rings. The molecule has 168 valence electrons. The van der Waals surface area contributed by atoms with Crippen molar-refractivity contribution in [2.75, 3.05) is 0 Å². The summed E-state index contributed by atoms with van der Waals surface area (Å²) in [6, 6.07) is 13.3. The minimum Gasteiger partial charge on any atom is -0.459 e. The minimum absolute atomic E-state index is 0.0794. The van der Waals surface area contributed by atoms with E-state index in [2.05, 4.69) is 4.98 Å². The summed E-state index contributed by atoms with van der Waals surface area (Å²) in [7, 11) is 0. The highest BCUT2D eigenvalue weighted by molar-refractivity contribution is 7.98. The Morgan fingerprint density at radius 3 is 2.34 bits per heavy atom. The van der Waals surface area contributed by atoms with Crippen LogP contribution < -0.4 is 5.56 Å². The van der Waals surface area contributed by atoms with Crippen LogP contribution in [0, 0.1) is 5.82 Å². The quantitative estimate of drug-likeness (QED) is 0.265. The van der Waals surface area contributed by atoms with E-state index in [0.29, 0.717) is 27.9 Å². The number of rotatable bonds is 7. The van der Waals surface area contributed by atoms with E-state index in [1.165, 1.54) is 23.9 Å². The number of hydrogen-bond acceptors (Lipinski definition) is 5. The Kier molecular flexibility index (Phi) is 7.74. The van der Waals surface area contributed by atoms with Crippen LogP contribution in [0.1, 0.15) is 37.5 Å². The summed E-state index contributed by atoms with van der Waals surface area (Å²) in [6.07, 6.45) is 2.01. The smallest absolute Gasteiger partial charge is 0.326 e. The van der Waals surface area contributed by atoms with Gasteiger partial charge in [0.2, 0.25) is 0 Å². The summed E-state index contributed by atoms with van der Waals surface area (Å²) in [5.74, 6) is -0.272. The lowest BCUT2D eigenvalue weighted by atomic mass is 10.1. The fraction of sp³-hybridized carbons (Fsp3) is 0.292. The summed E-state index contributed by atoms with van der Waals surface area (Å²) in [6.45, 7) is 5.31. The highest BCUT2D eigenvalue weighted by Gasteiger charge is 2.19. The first-order valence-corrected chi connectivity index (χ1v) is 11.4. The molecule has 0 unspecified atom stereocenters. The fourth-order valence-corrected chi connectivity index (χ4v) is 3.98. The molecular formula is C24H24ClFN2O3S. The Morgan fingerprint density at radius 1 is 1.09 bits per heavy atom. The lowest BCUT2D eigenvalue weighted by Crippen LogP contribution is -2.28. The van der Waals surface area contributed by atoms with Gasteiger partial charge in [-0.05, 0) is 56.2 Å². The predicted molar refractivity (Wildman–Crippen MR) is 125 cm³/mol. The zero-order valence-corrected chi connectivity index (χ0v) is 19.7. The van der Waals surface area contributed by atoms with Crippen LogP contribution in [0.2, 0.25) is 5.02 Å². The SMILES string of the molecule is CC(C)(C)OC(=O)Cn1cc(Cc2ccc(Cl)cc2)c(=O)nc1SCc1ccc(F)cc1. The van der Waals surface area contributed by atoms with Crippen molar-refractivity contribution in [3.05, 3.63) is 92.6 Å². The van der Waals surface area contributed by atoms with Gasteiger partial charge in [-0.1, -0.05) is 47.6 Å². The first kappa shape index (κ1) is 24.0. The van der Waals surface area contributed by atoms with Gasteiger partial charge in [-0.15, -0.1) is 0 Å². The van der Waals surface area contributed by atoms with Gasteiger partial charge in [0, 0.05) is 29.0 Å². The summed E-state index contributed by atoms with van der Waals surface area (Å²) in [5, 5.41) is 1.01. The van der Waals surface area contributed by atoms with Crippen LogP contribution in [0.4, 0.5) is 4.39 Å². The number of carbonyl (C=O) groups excluding carboxylic acids is 1. The molecule has 2 aromatic carbocycles. The second kappa shape index (κ2) is 10.3. The van der Waals surface area contributed by atoms with E-state index in [9.17, 15) is 14.0 Å². The number of carbonyl (C=O) groups is 1. The first-order chi connectivity index (χ1) is 15.1. The molecule has 0 amide bonds. The van der Waals surface area contributed by atoms with Crippen molar-refractivity contribution in [1.82, 2.24) is 9.55 Å². The van der Waals surface area contributed by atoms with Gasteiger partial charge >= 0.3 is 5.97 Å². The second-order valence-electron chi connectivity index (χ2n) is 8.29. The molecule has 1 aromatic heterocycles. The highest BCUT2D eigenvalue weighted by Crippen LogP contribution is 2.22. The lowest BCUT2D eigenvalue weighted by Gasteiger charge is -2.21. The molecule has 0 spiro atoms. The number of aromatic nitrogens is 2. The molecule has 0 N–H and O–H groups in total. The standard InChI is InChI=1S/C24H24ClFN2O3S/c1-24(2,3)31-21(29)14-28-13-18(12-16-4-8-19(25)9-5-16)22(30)27-23(28)32-15-17-6-10-20(26)11-7-17/h4-11,13H,12,14-15H2,1-3H3. The third-order valence-corrected chi connectivity index (χ3v) is 5.65. The molecule has 0 saturated heterocycles. The van der Waals surface area contributed by atoms with Crippen LogP contribution in [-0.4, -0.2) is 21.1 Å². The van der Waals surface area contributed by atoms with Crippen molar-refractivity contribution in [1.29, 1.82) is 0 Å². The topological polar surface area (TPSA) is 61.2 Å². The van der Waals surface area contributed by atoms with Crippen molar-refractivity contribution >= 4 is 29.3 Å². The average Bonchev–Trinajstić information content (AvgIpc) is 2.70. The molecule has 0 aliphatic carbocycles. The predicted octanol–water partition coefficient (Wildman–Crippen LogP) is 5.26. The van der Waals surface area contributed by atoms with Crippen molar-refractivity contribution < 1.29 is 13.9 Å². The van der Waals surface area contributed by atoms with E-state index in [0.717, 1.165) is 11.1 Å². The van der Waals surface area contributed by atoms with E-state index in [-0.39, 0.29) is 17.9 Å². The van der Waals surface area contributed by atoms with Gasteiger partial charge in [-0.25, -0.2) is 4.39 Å². The molecule has 32 heavy (non-hydrogen) atoms. The van der Waals surface area contributed by atoms with Crippen molar-refractivity contribution in [3.8, 4) is 0 Å². The number of halogens is 2. The Balaban J connectivity index is 1.88. The number of benzene rings is 2. The van der Waals surface area contributed by atoms with E-state index >= 15 is 0 Å².